The van der Waals surface area contributed by atoms with Gasteiger partial charge in [-0.15, -0.1) is 0 Å². The number of aromatic amines is 1. The number of aliphatic hydroxyl groups excluding tert-OH is 1. The largest absolute Gasteiger partial charge is 0.387 e. The maximum absolute atomic E-state index is 12.3. The molecule has 0 aliphatic rings. The Bertz CT molecular complexity index is 801. The summed E-state index contributed by atoms with van der Waals surface area (Å²) in [6, 6.07) is 8.84. The SMILES string of the molecule is O=C(NCC(O)c1cccc(Cl)c1)c1cn[nH]c1-c1ccsc1. The molecular weight excluding hydrogens is 334 g/mol. The summed E-state index contributed by atoms with van der Waals surface area (Å²) in [6.45, 7) is 0.0907. The average Bonchev–Trinajstić information content (AvgIpc) is 3.22. The van der Waals surface area contributed by atoms with E-state index in [0.29, 0.717) is 21.8 Å². The molecule has 0 radical (unpaired) electrons. The van der Waals surface area contributed by atoms with Crippen molar-refractivity contribution in [1.82, 2.24) is 15.5 Å². The summed E-state index contributed by atoms with van der Waals surface area (Å²) in [5, 5.41) is 24.0. The van der Waals surface area contributed by atoms with Crippen molar-refractivity contribution in [3.8, 4) is 11.3 Å². The molecule has 3 rings (SSSR count). The summed E-state index contributed by atoms with van der Waals surface area (Å²) in [4.78, 5) is 12.3. The zero-order valence-corrected chi connectivity index (χ0v) is 13.6. The molecule has 0 bridgehead atoms. The highest BCUT2D eigenvalue weighted by Gasteiger charge is 2.17. The minimum Gasteiger partial charge on any atom is -0.387 e. The van der Waals surface area contributed by atoms with Crippen molar-refractivity contribution < 1.29 is 9.90 Å². The molecular formula is C16H14ClN3O2S. The van der Waals surface area contributed by atoms with E-state index in [9.17, 15) is 9.90 Å². The summed E-state index contributed by atoms with van der Waals surface area (Å²) < 4.78 is 0. The topological polar surface area (TPSA) is 78.0 Å². The van der Waals surface area contributed by atoms with E-state index in [2.05, 4.69) is 15.5 Å². The lowest BCUT2D eigenvalue weighted by atomic mass is 10.1. The lowest BCUT2D eigenvalue weighted by Crippen LogP contribution is -2.28. The quantitative estimate of drug-likeness (QED) is 0.663. The summed E-state index contributed by atoms with van der Waals surface area (Å²) in [7, 11) is 0. The molecule has 0 saturated carbocycles. The van der Waals surface area contributed by atoms with Crippen LogP contribution in [0.5, 0.6) is 0 Å². The fraction of sp³-hybridized carbons (Fsp3) is 0.125. The molecule has 3 aromatic rings. The van der Waals surface area contributed by atoms with Crippen molar-refractivity contribution in [3.63, 3.8) is 0 Å². The van der Waals surface area contributed by atoms with Crippen LogP contribution < -0.4 is 5.32 Å². The number of thiophene rings is 1. The summed E-state index contributed by atoms with van der Waals surface area (Å²) in [5.41, 5.74) is 2.68. The summed E-state index contributed by atoms with van der Waals surface area (Å²) >= 11 is 7.44. The number of aromatic nitrogens is 2. The number of hydrogen-bond donors (Lipinski definition) is 3. The normalized spacial score (nSPS) is 12.1. The highest BCUT2D eigenvalue weighted by atomic mass is 35.5. The van der Waals surface area contributed by atoms with Gasteiger partial charge in [-0.05, 0) is 29.1 Å². The van der Waals surface area contributed by atoms with E-state index in [-0.39, 0.29) is 12.5 Å². The van der Waals surface area contributed by atoms with Crippen LogP contribution in [-0.4, -0.2) is 27.8 Å². The smallest absolute Gasteiger partial charge is 0.255 e. The maximum Gasteiger partial charge on any atom is 0.255 e. The van der Waals surface area contributed by atoms with E-state index in [1.165, 1.54) is 6.20 Å². The van der Waals surface area contributed by atoms with Gasteiger partial charge in [0.2, 0.25) is 0 Å². The molecule has 0 spiro atoms. The van der Waals surface area contributed by atoms with Crippen molar-refractivity contribution in [3.05, 3.63) is 63.4 Å². The number of benzene rings is 1. The van der Waals surface area contributed by atoms with Crippen LogP contribution in [0.1, 0.15) is 22.0 Å². The third kappa shape index (κ3) is 3.61. The Hall–Kier alpha value is -2.15. The molecule has 1 atom stereocenters. The molecule has 1 unspecified atom stereocenters. The number of aliphatic hydroxyl groups is 1. The number of halogens is 1. The first-order chi connectivity index (χ1) is 11.1. The summed E-state index contributed by atoms with van der Waals surface area (Å²) in [6.07, 6.45) is 0.655. The van der Waals surface area contributed by atoms with Crippen LogP contribution in [0.15, 0.2) is 47.3 Å². The zero-order chi connectivity index (χ0) is 16.2. The molecule has 7 heteroatoms. The molecule has 5 nitrogen and oxygen atoms in total. The Morgan fingerprint density at radius 2 is 2.30 bits per heavy atom. The number of nitrogens with zero attached hydrogens (tertiary/aromatic N) is 1. The van der Waals surface area contributed by atoms with E-state index in [4.69, 9.17) is 11.6 Å². The maximum atomic E-state index is 12.3. The summed E-state index contributed by atoms with van der Waals surface area (Å²) in [5.74, 6) is -0.291. The molecule has 23 heavy (non-hydrogen) atoms. The molecule has 1 aromatic carbocycles. The Morgan fingerprint density at radius 3 is 3.04 bits per heavy atom. The van der Waals surface area contributed by atoms with Crippen LogP contribution in [0.25, 0.3) is 11.3 Å². The van der Waals surface area contributed by atoms with Crippen LogP contribution in [0.4, 0.5) is 0 Å². The van der Waals surface area contributed by atoms with Crippen molar-refractivity contribution in [2.24, 2.45) is 0 Å². The number of rotatable bonds is 5. The van der Waals surface area contributed by atoms with Gasteiger partial charge in [0, 0.05) is 22.5 Å². The van der Waals surface area contributed by atoms with Crippen molar-refractivity contribution in [2.75, 3.05) is 6.54 Å². The highest BCUT2D eigenvalue weighted by molar-refractivity contribution is 7.08. The molecule has 0 aliphatic carbocycles. The minimum atomic E-state index is -0.825. The Labute approximate surface area is 141 Å². The van der Waals surface area contributed by atoms with Crippen molar-refractivity contribution in [2.45, 2.75) is 6.10 Å². The molecule has 0 saturated heterocycles. The second-order valence-electron chi connectivity index (χ2n) is 4.95. The predicted octanol–water partition coefficient (Wildman–Crippen LogP) is 3.26. The molecule has 0 fully saturated rings. The lowest BCUT2D eigenvalue weighted by Gasteiger charge is -2.12. The first-order valence-corrected chi connectivity index (χ1v) is 8.25. The van der Waals surface area contributed by atoms with E-state index < -0.39 is 6.10 Å². The van der Waals surface area contributed by atoms with Gasteiger partial charge in [-0.3, -0.25) is 9.89 Å². The number of hydrogen-bond acceptors (Lipinski definition) is 4. The molecule has 2 aromatic heterocycles. The van der Waals surface area contributed by atoms with Gasteiger partial charge >= 0.3 is 0 Å². The van der Waals surface area contributed by atoms with Gasteiger partial charge in [0.15, 0.2) is 0 Å². The minimum absolute atomic E-state index is 0.0907. The zero-order valence-electron chi connectivity index (χ0n) is 12.0. The molecule has 3 N–H and O–H groups in total. The molecule has 1 amide bonds. The van der Waals surface area contributed by atoms with Gasteiger partial charge in [0.25, 0.3) is 5.91 Å². The fourth-order valence-electron chi connectivity index (χ4n) is 2.20. The van der Waals surface area contributed by atoms with Crippen LogP contribution in [0, 0.1) is 0 Å². The first kappa shape index (κ1) is 15.7. The van der Waals surface area contributed by atoms with Gasteiger partial charge in [0.1, 0.15) is 0 Å². The van der Waals surface area contributed by atoms with E-state index >= 15 is 0 Å². The highest BCUT2D eigenvalue weighted by Crippen LogP contribution is 2.23. The number of H-pyrrole nitrogens is 1. The van der Waals surface area contributed by atoms with Gasteiger partial charge < -0.3 is 10.4 Å². The van der Waals surface area contributed by atoms with E-state index in [1.54, 1.807) is 35.6 Å². The third-order valence-electron chi connectivity index (χ3n) is 3.38. The van der Waals surface area contributed by atoms with E-state index in [0.717, 1.165) is 5.56 Å². The average molecular weight is 348 g/mol. The number of amides is 1. The van der Waals surface area contributed by atoms with Gasteiger partial charge in [0.05, 0.1) is 23.6 Å². The number of carbonyl (C=O) groups is 1. The third-order valence-corrected chi connectivity index (χ3v) is 4.30. The monoisotopic (exact) mass is 347 g/mol. The van der Waals surface area contributed by atoms with Crippen LogP contribution in [0.2, 0.25) is 5.02 Å². The van der Waals surface area contributed by atoms with Crippen LogP contribution in [-0.2, 0) is 0 Å². The Morgan fingerprint density at radius 1 is 1.43 bits per heavy atom. The van der Waals surface area contributed by atoms with Gasteiger partial charge in [-0.2, -0.15) is 16.4 Å². The molecule has 0 aliphatic heterocycles. The van der Waals surface area contributed by atoms with Gasteiger partial charge in [-0.25, -0.2) is 0 Å². The standard InChI is InChI=1S/C16H14ClN3O2S/c17-12-3-1-2-10(6-12)14(21)8-18-16(22)13-7-19-20-15(13)11-4-5-23-9-11/h1-7,9,14,21H,8H2,(H,18,22)(H,19,20). The van der Waals surface area contributed by atoms with Gasteiger partial charge in [-0.1, -0.05) is 23.7 Å². The molecule has 2 heterocycles. The Kier molecular flexibility index (Phi) is 4.76. The predicted molar refractivity (Wildman–Crippen MR) is 90.6 cm³/mol. The number of carbonyl (C=O) groups excluding carboxylic acids is 1. The number of nitrogens with one attached hydrogen (secondary N) is 2. The molecule has 118 valence electrons. The van der Waals surface area contributed by atoms with Crippen molar-refractivity contribution in [1.29, 1.82) is 0 Å². The second-order valence-corrected chi connectivity index (χ2v) is 6.17. The van der Waals surface area contributed by atoms with Crippen LogP contribution in [0.3, 0.4) is 0 Å². The first-order valence-electron chi connectivity index (χ1n) is 6.93. The van der Waals surface area contributed by atoms with E-state index in [1.807, 2.05) is 16.8 Å². The second kappa shape index (κ2) is 6.95. The van der Waals surface area contributed by atoms with Crippen LogP contribution >= 0.6 is 22.9 Å². The Balaban J connectivity index is 1.68. The fourth-order valence-corrected chi connectivity index (χ4v) is 3.05. The van der Waals surface area contributed by atoms with Crippen molar-refractivity contribution >= 4 is 28.8 Å². The lowest BCUT2D eigenvalue weighted by molar-refractivity contribution is 0.0917.